The van der Waals surface area contributed by atoms with Crippen LogP contribution < -0.4 is 0 Å². The first-order chi connectivity index (χ1) is 13.9. The Labute approximate surface area is 183 Å². The third-order valence-electron chi connectivity index (χ3n) is 12.7. The summed E-state index contributed by atoms with van der Waals surface area (Å²) in [6.45, 7) is 12.2. The summed E-state index contributed by atoms with van der Waals surface area (Å²) in [5, 5.41) is 20.0. The van der Waals surface area contributed by atoms with Crippen molar-refractivity contribution in [3.05, 3.63) is 0 Å². The zero-order chi connectivity index (χ0) is 21.7. The minimum Gasteiger partial charge on any atom is -0.481 e. The zero-order valence-electron chi connectivity index (χ0n) is 20.0. The third-order valence-corrected chi connectivity index (χ3v) is 12.7. The Hall–Kier alpha value is -0.570. The molecule has 5 aliphatic rings. The first kappa shape index (κ1) is 21.3. The van der Waals surface area contributed by atoms with Crippen LogP contribution in [0, 0.1) is 50.7 Å². The zero-order valence-corrected chi connectivity index (χ0v) is 20.0. The van der Waals surface area contributed by atoms with Crippen LogP contribution in [0.15, 0.2) is 0 Å². The van der Waals surface area contributed by atoms with E-state index < -0.39 is 5.97 Å². The second-order valence-corrected chi connectivity index (χ2v) is 13.4. The number of aliphatic hydroxyl groups is 1. The van der Waals surface area contributed by atoms with Gasteiger partial charge in [0.25, 0.3) is 0 Å². The van der Waals surface area contributed by atoms with Gasteiger partial charge in [-0.3, -0.25) is 4.79 Å². The Bertz CT molecular complexity index is 744. The molecule has 30 heavy (non-hydrogen) atoms. The molecular weight excluding hydrogens is 372 g/mol. The Morgan fingerprint density at radius 1 is 0.900 bits per heavy atom. The van der Waals surface area contributed by atoms with Gasteiger partial charge in [-0.25, -0.2) is 0 Å². The Morgan fingerprint density at radius 2 is 1.57 bits per heavy atom. The second-order valence-electron chi connectivity index (χ2n) is 13.4. The first-order valence-corrected chi connectivity index (χ1v) is 12.8. The van der Waals surface area contributed by atoms with Gasteiger partial charge in [0.1, 0.15) is 0 Å². The SMILES string of the molecule is C[C@H](CCC(=O)O)[C@H]1CC[C@@]2(C)[C@@H]3CC[C@H]4C(C)(C)[C@H](O)CC[C@@]45C[C@@]35CC[C@]12C. The predicted molar refractivity (Wildman–Crippen MR) is 119 cm³/mol. The molecule has 5 aliphatic carbocycles. The predicted octanol–water partition coefficient (Wildman–Crippen LogP) is 6.29. The highest BCUT2D eigenvalue weighted by molar-refractivity contribution is 5.66. The minimum atomic E-state index is -0.643. The molecule has 0 aromatic rings. The second kappa shape index (κ2) is 6.27. The van der Waals surface area contributed by atoms with Gasteiger partial charge in [0, 0.05) is 6.42 Å². The molecule has 170 valence electrons. The number of aliphatic hydroxyl groups excluding tert-OH is 1. The van der Waals surface area contributed by atoms with Crippen LogP contribution in [0.3, 0.4) is 0 Å². The van der Waals surface area contributed by atoms with Gasteiger partial charge in [0.15, 0.2) is 0 Å². The van der Waals surface area contributed by atoms with Gasteiger partial charge in [0.05, 0.1) is 6.10 Å². The lowest BCUT2D eigenvalue weighted by Gasteiger charge is -2.63. The van der Waals surface area contributed by atoms with Gasteiger partial charge in [-0.1, -0.05) is 34.6 Å². The molecule has 3 heteroatoms. The summed E-state index contributed by atoms with van der Waals surface area (Å²) in [5.74, 6) is 2.08. The maximum atomic E-state index is 11.2. The highest BCUT2D eigenvalue weighted by Crippen LogP contribution is 2.89. The molecule has 0 aromatic carbocycles. The number of aliphatic carboxylic acids is 1. The molecule has 5 saturated carbocycles. The van der Waals surface area contributed by atoms with Crippen LogP contribution in [0.25, 0.3) is 0 Å². The summed E-state index contributed by atoms with van der Waals surface area (Å²) in [4.78, 5) is 11.2. The molecule has 2 spiro atoms. The number of hydrogen-bond donors (Lipinski definition) is 2. The van der Waals surface area contributed by atoms with Crippen molar-refractivity contribution in [3.63, 3.8) is 0 Å². The van der Waals surface area contributed by atoms with Crippen molar-refractivity contribution in [1.29, 1.82) is 0 Å². The van der Waals surface area contributed by atoms with E-state index in [0.717, 1.165) is 18.8 Å². The van der Waals surface area contributed by atoms with Gasteiger partial charge in [-0.2, -0.15) is 0 Å². The largest absolute Gasteiger partial charge is 0.481 e. The topological polar surface area (TPSA) is 57.5 Å². The number of carboxylic acids is 1. The highest BCUT2D eigenvalue weighted by atomic mass is 16.4. The Kier molecular flexibility index (Phi) is 4.45. The maximum absolute atomic E-state index is 11.2. The number of rotatable bonds is 4. The normalized spacial score (nSPS) is 54.3. The van der Waals surface area contributed by atoms with Gasteiger partial charge in [-0.05, 0) is 115 Å². The molecule has 9 atom stereocenters. The van der Waals surface area contributed by atoms with E-state index in [1.165, 1.54) is 51.4 Å². The van der Waals surface area contributed by atoms with Crippen LogP contribution in [0.5, 0.6) is 0 Å². The molecule has 0 unspecified atom stereocenters. The number of carboxylic acid groups (broad SMARTS) is 1. The molecule has 0 aromatic heterocycles. The van der Waals surface area contributed by atoms with Crippen LogP contribution in [-0.2, 0) is 4.79 Å². The lowest BCUT2D eigenvalue weighted by molar-refractivity contribution is -0.161. The Balaban J connectivity index is 1.44. The van der Waals surface area contributed by atoms with Crippen LogP contribution >= 0.6 is 0 Å². The number of hydrogen-bond acceptors (Lipinski definition) is 2. The standard InChI is InChI=1S/C27H44O3/c1-17(6-9-22(29)30)18-10-12-25(5)20-8-7-19-23(2,3)21(28)11-13-26(19)16-27(20,26)15-14-24(18,25)4/h17-21,28H,6-16H2,1-5H3,(H,29,30)/t17-,18-,19+,20+,21-,24-,25+,26-,27+/m1/s1. The van der Waals surface area contributed by atoms with E-state index in [1.54, 1.807) is 0 Å². The maximum Gasteiger partial charge on any atom is 0.303 e. The fraction of sp³-hybridized carbons (Fsp3) is 0.963. The van der Waals surface area contributed by atoms with Crippen molar-refractivity contribution in [3.8, 4) is 0 Å². The van der Waals surface area contributed by atoms with Crippen molar-refractivity contribution in [2.45, 2.75) is 111 Å². The molecule has 2 N–H and O–H groups in total. The summed E-state index contributed by atoms with van der Waals surface area (Å²) in [7, 11) is 0. The quantitative estimate of drug-likeness (QED) is 0.566. The molecule has 0 radical (unpaired) electrons. The molecule has 5 fully saturated rings. The molecule has 0 aliphatic heterocycles. The number of fused-ring (bicyclic) bond motifs is 2. The van der Waals surface area contributed by atoms with Crippen molar-refractivity contribution in [2.75, 3.05) is 0 Å². The van der Waals surface area contributed by atoms with E-state index in [0.29, 0.717) is 45.8 Å². The smallest absolute Gasteiger partial charge is 0.303 e. The third kappa shape index (κ3) is 2.34. The number of carbonyl (C=O) groups is 1. The van der Waals surface area contributed by atoms with E-state index >= 15 is 0 Å². The molecular formula is C27H44O3. The van der Waals surface area contributed by atoms with E-state index in [4.69, 9.17) is 0 Å². The van der Waals surface area contributed by atoms with E-state index in [2.05, 4.69) is 34.6 Å². The molecule has 0 amide bonds. The van der Waals surface area contributed by atoms with Crippen molar-refractivity contribution < 1.29 is 15.0 Å². The van der Waals surface area contributed by atoms with Gasteiger partial charge >= 0.3 is 5.97 Å². The van der Waals surface area contributed by atoms with Gasteiger partial charge in [0.2, 0.25) is 0 Å². The lowest BCUT2D eigenvalue weighted by Crippen LogP contribution is -2.57. The van der Waals surface area contributed by atoms with Crippen molar-refractivity contribution in [1.82, 2.24) is 0 Å². The van der Waals surface area contributed by atoms with Crippen LogP contribution in [-0.4, -0.2) is 22.3 Å². The molecule has 3 nitrogen and oxygen atoms in total. The molecule has 0 bridgehead atoms. The average Bonchev–Trinajstić information content (AvgIpc) is 3.26. The first-order valence-electron chi connectivity index (χ1n) is 12.8. The van der Waals surface area contributed by atoms with Crippen LogP contribution in [0.2, 0.25) is 0 Å². The van der Waals surface area contributed by atoms with Crippen molar-refractivity contribution in [2.24, 2.45) is 50.7 Å². The van der Waals surface area contributed by atoms with Crippen molar-refractivity contribution >= 4 is 5.97 Å². The van der Waals surface area contributed by atoms with Gasteiger partial charge < -0.3 is 10.2 Å². The van der Waals surface area contributed by atoms with Crippen LogP contribution in [0.1, 0.15) is 105 Å². The summed E-state index contributed by atoms with van der Waals surface area (Å²) in [6.07, 6.45) is 12.7. The fourth-order valence-electron chi connectivity index (χ4n) is 10.9. The van der Waals surface area contributed by atoms with Gasteiger partial charge in [-0.15, -0.1) is 0 Å². The van der Waals surface area contributed by atoms with E-state index in [-0.39, 0.29) is 11.5 Å². The molecule has 0 heterocycles. The lowest BCUT2D eigenvalue weighted by atomic mass is 9.41. The molecule has 5 rings (SSSR count). The molecule has 0 saturated heterocycles. The fourth-order valence-corrected chi connectivity index (χ4v) is 10.9. The summed E-state index contributed by atoms with van der Waals surface area (Å²) in [5.41, 5.74) is 1.89. The summed E-state index contributed by atoms with van der Waals surface area (Å²) < 4.78 is 0. The van der Waals surface area contributed by atoms with Crippen LogP contribution in [0.4, 0.5) is 0 Å². The highest BCUT2D eigenvalue weighted by Gasteiger charge is 2.82. The summed E-state index contributed by atoms with van der Waals surface area (Å²) >= 11 is 0. The minimum absolute atomic E-state index is 0.0674. The summed E-state index contributed by atoms with van der Waals surface area (Å²) in [6, 6.07) is 0. The van der Waals surface area contributed by atoms with E-state index in [9.17, 15) is 15.0 Å². The monoisotopic (exact) mass is 416 g/mol. The Morgan fingerprint density at radius 3 is 2.27 bits per heavy atom. The van der Waals surface area contributed by atoms with E-state index in [1.807, 2.05) is 0 Å². The average molecular weight is 417 g/mol.